The summed E-state index contributed by atoms with van der Waals surface area (Å²) in [6.45, 7) is 0.0797. The molecule has 98 valence electrons. The molecule has 2 nitrogen and oxygen atoms in total. The molecule has 2 rings (SSSR count). The van der Waals surface area contributed by atoms with E-state index < -0.39 is 17.6 Å². The number of halogens is 3. The molecule has 0 aliphatic carbocycles. The molecule has 0 aromatic heterocycles. The van der Waals surface area contributed by atoms with Crippen molar-refractivity contribution >= 4 is 21.9 Å². The molecule has 2 aromatic rings. The lowest BCUT2D eigenvalue weighted by molar-refractivity contribution is 0.0472. The van der Waals surface area contributed by atoms with Gasteiger partial charge in [0, 0.05) is 0 Å². The van der Waals surface area contributed by atoms with Crippen molar-refractivity contribution in [1.29, 1.82) is 0 Å². The van der Waals surface area contributed by atoms with Gasteiger partial charge >= 0.3 is 5.97 Å². The number of hydrogen-bond acceptors (Lipinski definition) is 2. The molecule has 0 spiro atoms. The maximum Gasteiger partial charge on any atom is 0.338 e. The summed E-state index contributed by atoms with van der Waals surface area (Å²) in [5, 5.41) is 0. The fourth-order valence-electron chi connectivity index (χ4n) is 1.48. The van der Waals surface area contributed by atoms with E-state index >= 15 is 0 Å². The molecule has 0 atom stereocenters. The van der Waals surface area contributed by atoms with Gasteiger partial charge in [-0.3, -0.25) is 0 Å². The summed E-state index contributed by atoms with van der Waals surface area (Å²) in [6.07, 6.45) is 0. The van der Waals surface area contributed by atoms with Crippen molar-refractivity contribution in [2.45, 2.75) is 6.61 Å². The molecule has 0 radical (unpaired) electrons. The van der Waals surface area contributed by atoms with Crippen molar-refractivity contribution in [3.8, 4) is 0 Å². The first-order valence-electron chi connectivity index (χ1n) is 5.43. The Bertz CT molecular complexity index is 577. The minimum Gasteiger partial charge on any atom is -0.457 e. The molecule has 2 aromatic carbocycles. The summed E-state index contributed by atoms with van der Waals surface area (Å²) in [4.78, 5) is 11.7. The maximum absolute atomic E-state index is 13.2. The molecular weight excluding hydrogens is 318 g/mol. The van der Waals surface area contributed by atoms with Crippen LogP contribution in [0.25, 0.3) is 0 Å². The highest BCUT2D eigenvalue weighted by atomic mass is 79.9. The summed E-state index contributed by atoms with van der Waals surface area (Å²) in [5.74, 6) is -2.83. The molecule has 0 fully saturated rings. The topological polar surface area (TPSA) is 26.3 Å². The van der Waals surface area contributed by atoms with Crippen LogP contribution in [0.15, 0.2) is 46.9 Å². The van der Waals surface area contributed by atoms with Crippen molar-refractivity contribution in [1.82, 2.24) is 0 Å². The highest BCUT2D eigenvalue weighted by Crippen LogP contribution is 2.21. The van der Waals surface area contributed by atoms with E-state index in [2.05, 4.69) is 15.9 Å². The Kier molecular flexibility index (Phi) is 4.27. The molecule has 0 N–H and O–H groups in total. The molecule has 5 heteroatoms. The van der Waals surface area contributed by atoms with E-state index in [9.17, 15) is 13.6 Å². The Morgan fingerprint density at radius 2 is 1.84 bits per heavy atom. The second-order valence-electron chi connectivity index (χ2n) is 3.82. The van der Waals surface area contributed by atoms with E-state index in [0.717, 1.165) is 11.6 Å². The first-order chi connectivity index (χ1) is 9.08. The van der Waals surface area contributed by atoms with Crippen LogP contribution in [0.3, 0.4) is 0 Å². The minimum atomic E-state index is -1.10. The quantitative estimate of drug-likeness (QED) is 0.627. The van der Waals surface area contributed by atoms with Gasteiger partial charge in [0.25, 0.3) is 0 Å². The van der Waals surface area contributed by atoms with Crippen LogP contribution < -0.4 is 0 Å². The fourth-order valence-corrected chi connectivity index (χ4v) is 1.92. The Labute approximate surface area is 117 Å². The standard InChI is InChI=1S/C14H9BrF2O2/c15-11-6-10(7-12(16)13(11)17)14(18)19-8-9-4-2-1-3-5-9/h1-7H,8H2. The first kappa shape index (κ1) is 13.7. The minimum absolute atomic E-state index is 0.0401. The summed E-state index contributed by atoms with van der Waals surface area (Å²) < 4.78 is 31.1. The molecule has 0 unspecified atom stereocenters. The SMILES string of the molecule is O=C(OCc1ccccc1)c1cc(F)c(F)c(Br)c1. The van der Waals surface area contributed by atoms with E-state index in [1.54, 1.807) is 12.1 Å². The predicted octanol–water partition coefficient (Wildman–Crippen LogP) is 4.08. The molecule has 0 heterocycles. The zero-order valence-electron chi connectivity index (χ0n) is 9.70. The molecule has 0 aliphatic rings. The molecule has 0 bridgehead atoms. The second-order valence-corrected chi connectivity index (χ2v) is 4.67. The van der Waals surface area contributed by atoms with Gasteiger partial charge in [-0.05, 0) is 33.6 Å². The molecular formula is C14H9BrF2O2. The molecule has 0 saturated heterocycles. The Hall–Kier alpha value is -1.75. The average molecular weight is 327 g/mol. The van der Waals surface area contributed by atoms with Crippen molar-refractivity contribution in [2.75, 3.05) is 0 Å². The summed E-state index contributed by atoms with van der Waals surface area (Å²) in [5.41, 5.74) is 0.777. The third-order valence-corrected chi connectivity index (χ3v) is 3.01. The second kappa shape index (κ2) is 5.93. The van der Waals surface area contributed by atoms with Gasteiger partial charge in [-0.2, -0.15) is 0 Å². The maximum atomic E-state index is 13.2. The van der Waals surface area contributed by atoms with Crippen LogP contribution >= 0.6 is 15.9 Å². The van der Waals surface area contributed by atoms with Gasteiger partial charge in [0.05, 0.1) is 10.0 Å². The van der Waals surface area contributed by atoms with E-state index in [4.69, 9.17) is 4.74 Å². The Morgan fingerprint density at radius 3 is 2.47 bits per heavy atom. The molecule has 19 heavy (non-hydrogen) atoms. The predicted molar refractivity (Wildman–Crippen MR) is 69.6 cm³/mol. The van der Waals surface area contributed by atoms with Crippen LogP contribution in [0.4, 0.5) is 8.78 Å². The summed E-state index contributed by atoms with van der Waals surface area (Å²) in [6, 6.07) is 11.1. The molecule has 0 aliphatic heterocycles. The van der Waals surface area contributed by atoms with Crippen LogP contribution in [0.1, 0.15) is 15.9 Å². The zero-order valence-corrected chi connectivity index (χ0v) is 11.3. The van der Waals surface area contributed by atoms with Crippen LogP contribution in [0.5, 0.6) is 0 Å². The number of hydrogen-bond donors (Lipinski definition) is 0. The Morgan fingerprint density at radius 1 is 1.16 bits per heavy atom. The van der Waals surface area contributed by atoms with Crippen LogP contribution in [-0.4, -0.2) is 5.97 Å². The van der Waals surface area contributed by atoms with Gasteiger partial charge in [-0.15, -0.1) is 0 Å². The summed E-state index contributed by atoms with van der Waals surface area (Å²) in [7, 11) is 0. The van der Waals surface area contributed by atoms with E-state index in [1.807, 2.05) is 18.2 Å². The van der Waals surface area contributed by atoms with E-state index in [-0.39, 0.29) is 16.6 Å². The number of carbonyl (C=O) groups excluding carboxylic acids is 1. The number of esters is 1. The average Bonchev–Trinajstić information content (AvgIpc) is 2.42. The van der Waals surface area contributed by atoms with E-state index in [0.29, 0.717) is 0 Å². The number of rotatable bonds is 3. The van der Waals surface area contributed by atoms with Crippen molar-refractivity contribution in [2.24, 2.45) is 0 Å². The lowest BCUT2D eigenvalue weighted by Gasteiger charge is -2.06. The van der Waals surface area contributed by atoms with Crippen LogP contribution in [0, 0.1) is 11.6 Å². The van der Waals surface area contributed by atoms with Crippen molar-refractivity contribution < 1.29 is 18.3 Å². The van der Waals surface area contributed by atoms with Gasteiger partial charge in [0.2, 0.25) is 0 Å². The van der Waals surface area contributed by atoms with E-state index in [1.165, 1.54) is 6.07 Å². The zero-order chi connectivity index (χ0) is 13.8. The molecule has 0 saturated carbocycles. The Balaban J connectivity index is 2.08. The monoisotopic (exact) mass is 326 g/mol. The van der Waals surface area contributed by atoms with Gasteiger partial charge in [0.15, 0.2) is 11.6 Å². The smallest absolute Gasteiger partial charge is 0.338 e. The first-order valence-corrected chi connectivity index (χ1v) is 6.23. The lowest BCUT2D eigenvalue weighted by Crippen LogP contribution is -2.06. The highest BCUT2D eigenvalue weighted by Gasteiger charge is 2.14. The van der Waals surface area contributed by atoms with Crippen LogP contribution in [0.2, 0.25) is 0 Å². The molecule has 0 amide bonds. The normalized spacial score (nSPS) is 10.3. The highest BCUT2D eigenvalue weighted by molar-refractivity contribution is 9.10. The van der Waals surface area contributed by atoms with Gasteiger partial charge in [-0.25, -0.2) is 13.6 Å². The van der Waals surface area contributed by atoms with Crippen molar-refractivity contribution in [3.05, 3.63) is 69.7 Å². The van der Waals surface area contributed by atoms with Gasteiger partial charge in [-0.1, -0.05) is 30.3 Å². The summed E-state index contributed by atoms with van der Waals surface area (Å²) >= 11 is 2.84. The third kappa shape index (κ3) is 3.38. The van der Waals surface area contributed by atoms with Crippen molar-refractivity contribution in [3.63, 3.8) is 0 Å². The van der Waals surface area contributed by atoms with Gasteiger partial charge < -0.3 is 4.74 Å². The van der Waals surface area contributed by atoms with Gasteiger partial charge in [0.1, 0.15) is 6.61 Å². The fraction of sp³-hybridized carbons (Fsp3) is 0.0714. The number of ether oxygens (including phenoxy) is 1. The van der Waals surface area contributed by atoms with Crippen LogP contribution in [-0.2, 0) is 11.3 Å². The number of carbonyl (C=O) groups is 1. The lowest BCUT2D eigenvalue weighted by atomic mass is 10.2. The largest absolute Gasteiger partial charge is 0.457 e. The third-order valence-electron chi connectivity index (χ3n) is 2.43. The number of benzene rings is 2.